The van der Waals surface area contributed by atoms with Gasteiger partial charge in [-0.3, -0.25) is 0 Å². The standard InChI is InChI=1S/C15H15BrN2O2S/c1-19-12-7-8-13(14(9-12)20-2)18-15(21)17-11-5-3-10(16)4-6-11/h3-9H,1-2H3,(H2,17,18,21). The smallest absolute Gasteiger partial charge is 0.175 e. The monoisotopic (exact) mass is 366 g/mol. The van der Waals surface area contributed by atoms with Crippen LogP contribution in [0, 0.1) is 0 Å². The van der Waals surface area contributed by atoms with Crippen molar-refractivity contribution >= 4 is 44.6 Å². The van der Waals surface area contributed by atoms with Crippen LogP contribution in [0.5, 0.6) is 11.5 Å². The third kappa shape index (κ3) is 4.34. The molecule has 0 saturated heterocycles. The molecule has 2 aromatic rings. The average molecular weight is 367 g/mol. The molecule has 0 spiro atoms. The first-order valence-electron chi connectivity index (χ1n) is 6.18. The minimum absolute atomic E-state index is 0.487. The topological polar surface area (TPSA) is 42.5 Å². The minimum atomic E-state index is 0.487. The Morgan fingerprint density at radius 1 is 1.00 bits per heavy atom. The van der Waals surface area contributed by atoms with Crippen LogP contribution in [0.4, 0.5) is 11.4 Å². The molecule has 6 heteroatoms. The summed E-state index contributed by atoms with van der Waals surface area (Å²) in [6, 6.07) is 13.2. The fourth-order valence-electron chi connectivity index (χ4n) is 1.72. The fourth-order valence-corrected chi connectivity index (χ4v) is 2.21. The minimum Gasteiger partial charge on any atom is -0.497 e. The molecule has 21 heavy (non-hydrogen) atoms. The summed E-state index contributed by atoms with van der Waals surface area (Å²) in [5.41, 5.74) is 1.68. The van der Waals surface area contributed by atoms with E-state index in [0.717, 1.165) is 21.6 Å². The summed E-state index contributed by atoms with van der Waals surface area (Å²) in [6.07, 6.45) is 0. The van der Waals surface area contributed by atoms with Crippen molar-refractivity contribution in [2.75, 3.05) is 24.9 Å². The molecule has 0 aromatic heterocycles. The maximum absolute atomic E-state index is 5.32. The van der Waals surface area contributed by atoms with E-state index in [-0.39, 0.29) is 0 Å². The van der Waals surface area contributed by atoms with Crippen LogP contribution in [0.3, 0.4) is 0 Å². The van der Waals surface area contributed by atoms with E-state index in [4.69, 9.17) is 21.7 Å². The van der Waals surface area contributed by atoms with Gasteiger partial charge in [0.1, 0.15) is 11.5 Å². The first kappa shape index (κ1) is 15.6. The number of anilines is 2. The molecule has 0 atom stereocenters. The highest BCUT2D eigenvalue weighted by Gasteiger charge is 2.07. The second-order valence-electron chi connectivity index (χ2n) is 4.15. The molecular weight excluding hydrogens is 352 g/mol. The van der Waals surface area contributed by atoms with Crippen molar-refractivity contribution in [1.29, 1.82) is 0 Å². The van der Waals surface area contributed by atoms with E-state index >= 15 is 0 Å². The second-order valence-corrected chi connectivity index (χ2v) is 5.48. The lowest BCUT2D eigenvalue weighted by molar-refractivity contribution is 0.395. The van der Waals surface area contributed by atoms with Gasteiger partial charge in [0.05, 0.1) is 19.9 Å². The third-order valence-corrected chi connectivity index (χ3v) is 3.49. The molecule has 0 radical (unpaired) electrons. The maximum atomic E-state index is 5.32. The van der Waals surface area contributed by atoms with Gasteiger partial charge in [-0.1, -0.05) is 15.9 Å². The zero-order valence-electron chi connectivity index (χ0n) is 11.6. The van der Waals surface area contributed by atoms with Crippen LogP contribution in [0.1, 0.15) is 0 Å². The molecule has 0 aliphatic carbocycles. The van der Waals surface area contributed by atoms with Crippen molar-refractivity contribution in [3.8, 4) is 11.5 Å². The molecule has 4 nitrogen and oxygen atoms in total. The van der Waals surface area contributed by atoms with Gasteiger partial charge in [-0.25, -0.2) is 0 Å². The number of ether oxygens (including phenoxy) is 2. The molecule has 2 aromatic carbocycles. The lowest BCUT2D eigenvalue weighted by Gasteiger charge is -2.14. The van der Waals surface area contributed by atoms with E-state index in [0.29, 0.717) is 10.9 Å². The predicted molar refractivity (Wildman–Crippen MR) is 93.5 cm³/mol. The highest BCUT2D eigenvalue weighted by Crippen LogP contribution is 2.29. The number of methoxy groups -OCH3 is 2. The molecule has 0 bridgehead atoms. The Balaban J connectivity index is 2.07. The van der Waals surface area contributed by atoms with Gasteiger partial charge in [-0.05, 0) is 48.6 Å². The van der Waals surface area contributed by atoms with Crippen molar-refractivity contribution in [2.45, 2.75) is 0 Å². The Kier molecular flexibility index (Phi) is 5.41. The van der Waals surface area contributed by atoms with Crippen molar-refractivity contribution < 1.29 is 9.47 Å². The Hall–Kier alpha value is -1.79. The number of nitrogens with one attached hydrogen (secondary N) is 2. The van der Waals surface area contributed by atoms with Gasteiger partial charge in [0, 0.05) is 16.2 Å². The van der Waals surface area contributed by atoms with Gasteiger partial charge < -0.3 is 20.1 Å². The van der Waals surface area contributed by atoms with Crippen molar-refractivity contribution in [3.05, 3.63) is 46.9 Å². The number of hydrogen-bond acceptors (Lipinski definition) is 3. The van der Waals surface area contributed by atoms with Gasteiger partial charge >= 0.3 is 0 Å². The SMILES string of the molecule is COc1ccc(NC(=S)Nc2ccc(Br)cc2)c(OC)c1. The highest BCUT2D eigenvalue weighted by atomic mass is 79.9. The third-order valence-electron chi connectivity index (χ3n) is 2.76. The summed E-state index contributed by atoms with van der Waals surface area (Å²) in [7, 11) is 3.22. The first-order chi connectivity index (χ1) is 10.1. The van der Waals surface area contributed by atoms with Crippen LogP contribution in [-0.4, -0.2) is 19.3 Å². The van der Waals surface area contributed by atoms with Crippen molar-refractivity contribution in [3.63, 3.8) is 0 Å². The summed E-state index contributed by atoms with van der Waals surface area (Å²) < 4.78 is 11.5. The molecule has 0 amide bonds. The van der Waals surface area contributed by atoms with E-state index in [1.54, 1.807) is 20.3 Å². The number of halogens is 1. The van der Waals surface area contributed by atoms with E-state index < -0.39 is 0 Å². The first-order valence-corrected chi connectivity index (χ1v) is 7.38. The quantitative estimate of drug-likeness (QED) is 0.790. The van der Waals surface area contributed by atoms with Gasteiger partial charge in [0.25, 0.3) is 0 Å². The van der Waals surface area contributed by atoms with Crippen LogP contribution in [0.15, 0.2) is 46.9 Å². The molecule has 0 heterocycles. The van der Waals surface area contributed by atoms with Gasteiger partial charge in [0.2, 0.25) is 0 Å². The lowest BCUT2D eigenvalue weighted by Crippen LogP contribution is -2.19. The van der Waals surface area contributed by atoms with E-state index in [9.17, 15) is 0 Å². The van der Waals surface area contributed by atoms with Gasteiger partial charge in [0.15, 0.2) is 5.11 Å². The molecular formula is C15H15BrN2O2S. The lowest BCUT2D eigenvalue weighted by atomic mass is 10.2. The molecule has 0 unspecified atom stereocenters. The number of hydrogen-bond donors (Lipinski definition) is 2. The zero-order chi connectivity index (χ0) is 15.2. The van der Waals surface area contributed by atoms with E-state index in [1.165, 1.54) is 0 Å². The Bertz CT molecular complexity index is 632. The summed E-state index contributed by atoms with van der Waals surface area (Å²) in [5.74, 6) is 1.39. The van der Waals surface area contributed by atoms with E-state index in [1.807, 2.05) is 36.4 Å². The summed E-state index contributed by atoms with van der Waals surface area (Å²) in [5, 5.41) is 6.70. The average Bonchev–Trinajstić information content (AvgIpc) is 2.50. The molecule has 2 N–H and O–H groups in total. The highest BCUT2D eigenvalue weighted by molar-refractivity contribution is 9.10. The number of rotatable bonds is 4. The maximum Gasteiger partial charge on any atom is 0.175 e. The largest absolute Gasteiger partial charge is 0.497 e. The van der Waals surface area contributed by atoms with Gasteiger partial charge in [-0.2, -0.15) is 0 Å². The van der Waals surface area contributed by atoms with Gasteiger partial charge in [-0.15, -0.1) is 0 Å². The van der Waals surface area contributed by atoms with E-state index in [2.05, 4.69) is 26.6 Å². The molecule has 0 fully saturated rings. The fraction of sp³-hybridized carbons (Fsp3) is 0.133. The Morgan fingerprint density at radius 3 is 2.33 bits per heavy atom. The summed E-state index contributed by atoms with van der Waals surface area (Å²) in [6.45, 7) is 0. The Labute approximate surface area is 137 Å². The molecule has 0 aliphatic rings. The number of thiocarbonyl (C=S) groups is 1. The summed E-state index contributed by atoms with van der Waals surface area (Å²) in [4.78, 5) is 0. The van der Waals surface area contributed by atoms with Crippen LogP contribution >= 0.6 is 28.1 Å². The second kappa shape index (κ2) is 7.28. The zero-order valence-corrected chi connectivity index (χ0v) is 14.0. The molecule has 0 saturated carbocycles. The summed E-state index contributed by atoms with van der Waals surface area (Å²) >= 11 is 8.69. The number of benzene rings is 2. The van der Waals surface area contributed by atoms with Crippen LogP contribution in [0.25, 0.3) is 0 Å². The van der Waals surface area contributed by atoms with Crippen LogP contribution < -0.4 is 20.1 Å². The van der Waals surface area contributed by atoms with Crippen LogP contribution in [0.2, 0.25) is 0 Å². The molecule has 2 rings (SSSR count). The predicted octanol–water partition coefficient (Wildman–Crippen LogP) is 4.28. The normalized spacial score (nSPS) is 9.86. The molecule has 0 aliphatic heterocycles. The van der Waals surface area contributed by atoms with Crippen molar-refractivity contribution in [1.82, 2.24) is 0 Å². The molecule has 110 valence electrons. The van der Waals surface area contributed by atoms with Crippen LogP contribution in [-0.2, 0) is 0 Å². The van der Waals surface area contributed by atoms with Crippen molar-refractivity contribution in [2.24, 2.45) is 0 Å². The Morgan fingerprint density at radius 2 is 1.71 bits per heavy atom.